The quantitative estimate of drug-likeness (QED) is 0.281. The van der Waals surface area contributed by atoms with Crippen LogP contribution in [0.3, 0.4) is 0 Å². The Labute approximate surface area is 158 Å². The van der Waals surface area contributed by atoms with E-state index >= 15 is 0 Å². The Morgan fingerprint density at radius 1 is 0.840 bits per heavy atom. The van der Waals surface area contributed by atoms with Crippen LogP contribution < -0.4 is 0 Å². The molecule has 0 bridgehead atoms. The predicted molar refractivity (Wildman–Crippen MR) is 115 cm³/mol. The van der Waals surface area contributed by atoms with E-state index in [1.165, 1.54) is 81.8 Å². The molecule has 0 amide bonds. The molecular formula is C25H41. The van der Waals surface area contributed by atoms with E-state index in [9.17, 15) is 0 Å². The summed E-state index contributed by atoms with van der Waals surface area (Å²) in [5.41, 5.74) is 2.77. The highest BCUT2D eigenvalue weighted by Crippen LogP contribution is 2.14. The molecule has 0 nitrogen and oxygen atoms in total. The van der Waals surface area contributed by atoms with Crippen molar-refractivity contribution in [3.8, 4) is 0 Å². The van der Waals surface area contributed by atoms with Gasteiger partial charge in [-0.3, -0.25) is 0 Å². The van der Waals surface area contributed by atoms with Gasteiger partial charge in [0.05, 0.1) is 0 Å². The average Bonchev–Trinajstić information content (AvgIpc) is 2.61. The summed E-state index contributed by atoms with van der Waals surface area (Å²) in [7, 11) is 0. The Morgan fingerprint density at radius 2 is 1.48 bits per heavy atom. The van der Waals surface area contributed by atoms with Gasteiger partial charge in [-0.25, -0.2) is 0 Å². The fourth-order valence-corrected chi connectivity index (χ4v) is 3.16. The molecule has 0 unspecified atom stereocenters. The van der Waals surface area contributed by atoms with Crippen molar-refractivity contribution in [1.29, 1.82) is 0 Å². The topological polar surface area (TPSA) is 0 Å². The van der Waals surface area contributed by atoms with Crippen LogP contribution in [0.1, 0.15) is 103 Å². The maximum Gasteiger partial charge on any atom is -0.0245 e. The average molecular weight is 342 g/mol. The second kappa shape index (κ2) is 15.2. The second-order valence-corrected chi connectivity index (χ2v) is 7.80. The van der Waals surface area contributed by atoms with Gasteiger partial charge in [-0.2, -0.15) is 0 Å². The van der Waals surface area contributed by atoms with Crippen molar-refractivity contribution in [1.82, 2.24) is 0 Å². The van der Waals surface area contributed by atoms with Crippen LogP contribution in [0.4, 0.5) is 0 Å². The van der Waals surface area contributed by atoms with Gasteiger partial charge in [-0.15, -0.1) is 0 Å². The Bertz CT molecular complexity index is 441. The molecule has 0 aliphatic rings. The standard InChI is InChI=1S/C25H41/c1-4-5-6-7-8-9-10-11-12-13-14-15-17-24-18-16-19-25(22-24)21-20-23(2)3/h15-20,22-23H,4-14,21H2,1-3H3. The van der Waals surface area contributed by atoms with E-state index in [0.29, 0.717) is 5.92 Å². The van der Waals surface area contributed by atoms with Crippen molar-refractivity contribution < 1.29 is 0 Å². The lowest BCUT2D eigenvalue weighted by molar-refractivity contribution is 0.558. The van der Waals surface area contributed by atoms with Crippen LogP contribution in [0.5, 0.6) is 0 Å². The van der Waals surface area contributed by atoms with Gasteiger partial charge in [0.15, 0.2) is 0 Å². The summed E-state index contributed by atoms with van der Waals surface area (Å²) in [5, 5.41) is 0. The smallest absolute Gasteiger partial charge is 0.0245 e. The highest BCUT2D eigenvalue weighted by Gasteiger charge is 1.98. The zero-order chi connectivity index (χ0) is 18.2. The molecule has 0 atom stereocenters. The van der Waals surface area contributed by atoms with Crippen LogP contribution >= 0.6 is 0 Å². The molecule has 0 aromatic heterocycles. The number of hydrogen-bond donors (Lipinski definition) is 0. The third-order valence-electron chi connectivity index (χ3n) is 4.81. The fourth-order valence-electron chi connectivity index (χ4n) is 3.16. The number of rotatable bonds is 15. The summed E-state index contributed by atoms with van der Waals surface area (Å²) in [6.45, 7) is 6.78. The molecule has 0 saturated heterocycles. The molecule has 0 saturated carbocycles. The Hall–Kier alpha value is -1.04. The van der Waals surface area contributed by atoms with E-state index in [4.69, 9.17) is 0 Å². The van der Waals surface area contributed by atoms with Crippen LogP contribution in [0.15, 0.2) is 30.3 Å². The number of allylic oxidation sites excluding steroid dienone is 1. The van der Waals surface area contributed by atoms with Gasteiger partial charge >= 0.3 is 0 Å². The highest BCUT2D eigenvalue weighted by atomic mass is 14.0. The molecule has 141 valence electrons. The third-order valence-corrected chi connectivity index (χ3v) is 4.81. The van der Waals surface area contributed by atoms with E-state index < -0.39 is 0 Å². The van der Waals surface area contributed by atoms with Gasteiger partial charge in [0.2, 0.25) is 0 Å². The third kappa shape index (κ3) is 12.9. The molecule has 0 aliphatic heterocycles. The van der Waals surface area contributed by atoms with Crippen molar-refractivity contribution in [3.05, 3.63) is 47.9 Å². The molecule has 0 N–H and O–H groups in total. The van der Waals surface area contributed by atoms with E-state index in [1.54, 1.807) is 0 Å². The van der Waals surface area contributed by atoms with Gasteiger partial charge in [-0.05, 0) is 42.7 Å². The summed E-state index contributed by atoms with van der Waals surface area (Å²) >= 11 is 0. The van der Waals surface area contributed by atoms with Crippen molar-refractivity contribution in [3.63, 3.8) is 0 Å². The van der Waals surface area contributed by atoms with Gasteiger partial charge in [0.25, 0.3) is 0 Å². The molecular weight excluding hydrogens is 300 g/mol. The molecule has 0 aliphatic carbocycles. The Balaban J connectivity index is 2.05. The van der Waals surface area contributed by atoms with Gasteiger partial charge in [0.1, 0.15) is 0 Å². The largest absolute Gasteiger partial charge is 0.0839 e. The number of unbranched alkanes of at least 4 members (excludes halogenated alkanes) is 10. The summed E-state index contributed by atoms with van der Waals surface area (Å²) < 4.78 is 0. The van der Waals surface area contributed by atoms with Crippen LogP contribution in [0.25, 0.3) is 6.08 Å². The van der Waals surface area contributed by atoms with E-state index in [2.05, 4.69) is 63.6 Å². The highest BCUT2D eigenvalue weighted by molar-refractivity contribution is 5.50. The van der Waals surface area contributed by atoms with Crippen molar-refractivity contribution >= 4 is 6.08 Å². The first-order valence-electron chi connectivity index (χ1n) is 10.8. The molecule has 1 rings (SSSR count). The lowest BCUT2D eigenvalue weighted by atomic mass is 10.0. The molecule has 0 spiro atoms. The lowest BCUT2D eigenvalue weighted by Gasteiger charge is -2.05. The summed E-state index contributed by atoms with van der Waals surface area (Å²) in [5.74, 6) is 0.663. The number of hydrogen-bond acceptors (Lipinski definition) is 0. The second-order valence-electron chi connectivity index (χ2n) is 7.80. The molecule has 1 aromatic carbocycles. The van der Waals surface area contributed by atoms with E-state index in [0.717, 1.165) is 6.42 Å². The van der Waals surface area contributed by atoms with Gasteiger partial charge < -0.3 is 0 Å². The van der Waals surface area contributed by atoms with E-state index in [-0.39, 0.29) is 0 Å². The Kier molecular flexibility index (Phi) is 13.4. The monoisotopic (exact) mass is 341 g/mol. The van der Waals surface area contributed by atoms with Gasteiger partial charge in [-0.1, -0.05) is 115 Å². The minimum absolute atomic E-state index is 0.663. The first kappa shape index (κ1) is 22.0. The molecule has 25 heavy (non-hydrogen) atoms. The van der Waals surface area contributed by atoms with Crippen molar-refractivity contribution in [2.75, 3.05) is 0 Å². The van der Waals surface area contributed by atoms with Crippen LogP contribution in [-0.2, 0) is 6.42 Å². The van der Waals surface area contributed by atoms with Crippen LogP contribution in [0, 0.1) is 12.3 Å². The zero-order valence-corrected chi connectivity index (χ0v) is 17.1. The molecule has 1 radical (unpaired) electrons. The fraction of sp³-hybridized carbons (Fsp3) is 0.640. The van der Waals surface area contributed by atoms with Gasteiger partial charge in [0, 0.05) is 0 Å². The summed E-state index contributed by atoms with van der Waals surface area (Å²) in [4.78, 5) is 0. The van der Waals surface area contributed by atoms with Crippen LogP contribution in [0.2, 0.25) is 0 Å². The first-order chi connectivity index (χ1) is 12.2. The maximum absolute atomic E-state index is 2.38. The number of benzene rings is 1. The minimum atomic E-state index is 0.663. The first-order valence-corrected chi connectivity index (χ1v) is 10.8. The van der Waals surface area contributed by atoms with Crippen LogP contribution in [-0.4, -0.2) is 0 Å². The van der Waals surface area contributed by atoms with Crippen molar-refractivity contribution in [2.24, 2.45) is 5.92 Å². The lowest BCUT2D eigenvalue weighted by Crippen LogP contribution is -1.93. The molecule has 1 aromatic rings. The normalized spacial score (nSPS) is 11.7. The Morgan fingerprint density at radius 3 is 2.12 bits per heavy atom. The predicted octanol–water partition coefficient (Wildman–Crippen LogP) is 8.41. The maximum atomic E-state index is 2.38. The molecule has 0 heteroatoms. The van der Waals surface area contributed by atoms with E-state index in [1.807, 2.05) is 0 Å². The summed E-state index contributed by atoms with van der Waals surface area (Å²) in [6, 6.07) is 8.96. The molecule has 0 fully saturated rings. The van der Waals surface area contributed by atoms with Crippen molar-refractivity contribution in [2.45, 2.75) is 97.8 Å². The zero-order valence-electron chi connectivity index (χ0n) is 17.1. The molecule has 0 heterocycles. The SMILES string of the molecule is CCCCCCCCCCCCC=Cc1cccc(C[CH]C(C)C)c1. The minimum Gasteiger partial charge on any atom is -0.0839 e. The summed E-state index contributed by atoms with van der Waals surface area (Å²) in [6.07, 6.45) is 23.5.